The Bertz CT molecular complexity index is 537. The summed E-state index contributed by atoms with van der Waals surface area (Å²) in [7, 11) is 1.58. The fraction of sp³-hybridized carbons (Fsp3) is 0.385. The van der Waals surface area contributed by atoms with E-state index in [1.165, 1.54) is 0 Å². The molecule has 2 N–H and O–H groups in total. The summed E-state index contributed by atoms with van der Waals surface area (Å²) in [5, 5.41) is 3.98. The molecule has 2 aromatic rings. The van der Waals surface area contributed by atoms with E-state index in [1.54, 1.807) is 19.2 Å². The van der Waals surface area contributed by atoms with E-state index in [0.717, 1.165) is 17.8 Å². The first-order valence-corrected chi connectivity index (χ1v) is 5.93. The molecule has 5 heteroatoms. The van der Waals surface area contributed by atoms with E-state index in [0.29, 0.717) is 17.3 Å². The average molecular weight is 247 g/mol. The Kier molecular flexibility index (Phi) is 3.50. The molecule has 0 amide bonds. The Morgan fingerprint density at radius 2 is 2.22 bits per heavy atom. The van der Waals surface area contributed by atoms with Gasteiger partial charge in [0.25, 0.3) is 5.89 Å². The Hall–Kier alpha value is -2.04. The van der Waals surface area contributed by atoms with Crippen molar-refractivity contribution in [2.45, 2.75) is 26.2 Å². The quantitative estimate of drug-likeness (QED) is 0.841. The van der Waals surface area contributed by atoms with Crippen LogP contribution >= 0.6 is 0 Å². The van der Waals surface area contributed by atoms with Gasteiger partial charge >= 0.3 is 0 Å². The van der Waals surface area contributed by atoms with Crippen LogP contribution in [0, 0.1) is 0 Å². The molecule has 1 atom stereocenters. The lowest BCUT2D eigenvalue weighted by atomic mass is 10.1. The van der Waals surface area contributed by atoms with Crippen LogP contribution < -0.4 is 10.5 Å². The highest BCUT2D eigenvalue weighted by Crippen LogP contribution is 2.28. The lowest BCUT2D eigenvalue weighted by Gasteiger charge is -2.04. The van der Waals surface area contributed by atoms with Crippen LogP contribution in [-0.4, -0.2) is 17.3 Å². The van der Waals surface area contributed by atoms with Gasteiger partial charge in [0.05, 0.1) is 12.8 Å². The number of rotatable bonds is 4. The van der Waals surface area contributed by atoms with Crippen LogP contribution in [0.5, 0.6) is 5.75 Å². The van der Waals surface area contributed by atoms with E-state index in [1.807, 2.05) is 6.07 Å². The lowest BCUT2D eigenvalue weighted by Crippen LogP contribution is -1.94. The molecule has 0 aliphatic heterocycles. The Labute approximate surface area is 106 Å². The Balaban J connectivity index is 2.31. The molecule has 1 heterocycles. The average Bonchev–Trinajstić information content (AvgIpc) is 2.87. The zero-order valence-corrected chi connectivity index (χ0v) is 10.8. The number of hydrogen-bond acceptors (Lipinski definition) is 5. The third kappa shape index (κ3) is 2.30. The molecule has 2 rings (SSSR count). The number of hydrogen-bond donors (Lipinski definition) is 1. The summed E-state index contributed by atoms with van der Waals surface area (Å²) in [6.07, 6.45) is 0.976. The molecule has 1 unspecified atom stereocenters. The first-order chi connectivity index (χ1) is 8.65. The highest BCUT2D eigenvalue weighted by Gasteiger charge is 2.14. The van der Waals surface area contributed by atoms with Crippen molar-refractivity contribution in [1.29, 1.82) is 0 Å². The van der Waals surface area contributed by atoms with Crippen LogP contribution in [0.25, 0.3) is 11.5 Å². The molecule has 0 aliphatic rings. The molecular weight excluding hydrogens is 230 g/mol. The van der Waals surface area contributed by atoms with Gasteiger partial charge < -0.3 is 15.0 Å². The molecule has 1 aromatic carbocycles. The van der Waals surface area contributed by atoms with Gasteiger partial charge in [0.1, 0.15) is 5.75 Å². The number of nitrogen functional groups attached to an aromatic ring is 1. The second kappa shape index (κ2) is 5.08. The fourth-order valence-corrected chi connectivity index (χ4v) is 1.60. The number of aromatic nitrogens is 2. The van der Waals surface area contributed by atoms with Crippen molar-refractivity contribution in [3.05, 3.63) is 24.0 Å². The number of ether oxygens (including phenoxy) is 1. The maximum atomic E-state index is 5.85. The van der Waals surface area contributed by atoms with Gasteiger partial charge in [0, 0.05) is 11.5 Å². The summed E-state index contributed by atoms with van der Waals surface area (Å²) in [4.78, 5) is 4.37. The van der Waals surface area contributed by atoms with Gasteiger partial charge in [-0.15, -0.1) is 0 Å². The highest BCUT2D eigenvalue weighted by molar-refractivity contribution is 5.65. The second-order valence-corrected chi connectivity index (χ2v) is 4.22. The summed E-state index contributed by atoms with van der Waals surface area (Å²) in [5.74, 6) is 2.14. The van der Waals surface area contributed by atoms with Crippen molar-refractivity contribution in [2.24, 2.45) is 0 Å². The van der Waals surface area contributed by atoms with Crippen molar-refractivity contribution in [3.63, 3.8) is 0 Å². The van der Waals surface area contributed by atoms with E-state index in [4.69, 9.17) is 15.0 Å². The second-order valence-electron chi connectivity index (χ2n) is 4.22. The normalized spacial score (nSPS) is 12.4. The summed E-state index contributed by atoms with van der Waals surface area (Å²) >= 11 is 0. The van der Waals surface area contributed by atoms with Crippen LogP contribution in [0.2, 0.25) is 0 Å². The zero-order chi connectivity index (χ0) is 13.1. The van der Waals surface area contributed by atoms with E-state index in [2.05, 4.69) is 24.0 Å². The number of nitrogens with zero attached hydrogens (tertiary/aromatic N) is 2. The van der Waals surface area contributed by atoms with Gasteiger partial charge in [-0.05, 0) is 24.6 Å². The topological polar surface area (TPSA) is 74.2 Å². The first-order valence-electron chi connectivity index (χ1n) is 5.93. The number of nitrogens with two attached hydrogens (primary N) is 1. The molecule has 0 saturated heterocycles. The summed E-state index contributed by atoms with van der Waals surface area (Å²) < 4.78 is 10.3. The minimum absolute atomic E-state index is 0.290. The minimum atomic E-state index is 0.290. The molecule has 0 saturated carbocycles. The van der Waals surface area contributed by atoms with Crippen molar-refractivity contribution in [2.75, 3.05) is 12.8 Å². The summed E-state index contributed by atoms with van der Waals surface area (Å²) in [6.45, 7) is 4.16. The standard InChI is InChI=1S/C13H17N3O2/c1-4-8(2)12-15-13(18-16-12)9-5-6-11(17-3)10(14)7-9/h5-8H,4,14H2,1-3H3. The maximum Gasteiger partial charge on any atom is 0.258 e. The number of anilines is 1. The van der Waals surface area contributed by atoms with Gasteiger partial charge in [0.2, 0.25) is 0 Å². The molecule has 96 valence electrons. The fourth-order valence-electron chi connectivity index (χ4n) is 1.60. The first kappa shape index (κ1) is 12.4. The van der Waals surface area contributed by atoms with E-state index >= 15 is 0 Å². The number of methoxy groups -OCH3 is 1. The van der Waals surface area contributed by atoms with Crippen LogP contribution in [0.1, 0.15) is 32.0 Å². The predicted molar refractivity (Wildman–Crippen MR) is 69.4 cm³/mol. The van der Waals surface area contributed by atoms with E-state index in [-0.39, 0.29) is 5.92 Å². The van der Waals surface area contributed by atoms with E-state index in [9.17, 15) is 0 Å². The minimum Gasteiger partial charge on any atom is -0.495 e. The van der Waals surface area contributed by atoms with Gasteiger partial charge in [-0.2, -0.15) is 4.98 Å². The maximum absolute atomic E-state index is 5.85. The van der Waals surface area contributed by atoms with Crippen molar-refractivity contribution in [3.8, 4) is 17.2 Å². The van der Waals surface area contributed by atoms with Crippen LogP contribution in [-0.2, 0) is 0 Å². The third-order valence-electron chi connectivity index (χ3n) is 2.97. The molecule has 5 nitrogen and oxygen atoms in total. The third-order valence-corrected chi connectivity index (χ3v) is 2.97. The largest absolute Gasteiger partial charge is 0.495 e. The van der Waals surface area contributed by atoms with Crippen LogP contribution in [0.3, 0.4) is 0 Å². The molecule has 18 heavy (non-hydrogen) atoms. The summed E-state index contributed by atoms with van der Waals surface area (Å²) in [5.41, 5.74) is 7.20. The van der Waals surface area contributed by atoms with Gasteiger partial charge in [-0.3, -0.25) is 0 Å². The molecule has 0 aliphatic carbocycles. The lowest BCUT2D eigenvalue weighted by molar-refractivity contribution is 0.414. The molecule has 1 aromatic heterocycles. The van der Waals surface area contributed by atoms with Gasteiger partial charge in [0.15, 0.2) is 5.82 Å². The molecule has 0 spiro atoms. The van der Waals surface area contributed by atoms with Gasteiger partial charge in [-0.25, -0.2) is 0 Å². The Morgan fingerprint density at radius 1 is 1.44 bits per heavy atom. The predicted octanol–water partition coefficient (Wildman–Crippen LogP) is 2.84. The van der Waals surface area contributed by atoms with Crippen molar-refractivity contribution >= 4 is 5.69 Å². The smallest absolute Gasteiger partial charge is 0.258 e. The summed E-state index contributed by atoms with van der Waals surface area (Å²) in [6, 6.07) is 5.41. The molecule has 0 fully saturated rings. The highest BCUT2D eigenvalue weighted by atomic mass is 16.5. The van der Waals surface area contributed by atoms with Crippen molar-refractivity contribution in [1.82, 2.24) is 10.1 Å². The van der Waals surface area contributed by atoms with Crippen LogP contribution in [0.4, 0.5) is 5.69 Å². The monoisotopic (exact) mass is 247 g/mol. The molecule has 0 radical (unpaired) electrons. The molecular formula is C13H17N3O2. The van der Waals surface area contributed by atoms with Crippen molar-refractivity contribution < 1.29 is 9.26 Å². The Morgan fingerprint density at radius 3 is 2.83 bits per heavy atom. The van der Waals surface area contributed by atoms with Gasteiger partial charge in [-0.1, -0.05) is 19.0 Å². The molecule has 0 bridgehead atoms. The zero-order valence-electron chi connectivity index (χ0n) is 10.8. The van der Waals surface area contributed by atoms with E-state index < -0.39 is 0 Å². The van der Waals surface area contributed by atoms with Crippen LogP contribution in [0.15, 0.2) is 22.7 Å². The number of benzene rings is 1. The SMILES string of the molecule is CCC(C)c1noc(-c2ccc(OC)c(N)c2)n1.